The Morgan fingerprint density at radius 3 is 2.22 bits per heavy atom. The molecule has 2 N–H and O–H groups in total. The molecule has 3 aromatic carbocycles. The Balaban J connectivity index is 1.33. The molecule has 7 nitrogen and oxygen atoms in total. The Kier molecular flexibility index (Phi) is 6.13. The minimum absolute atomic E-state index is 0.217. The standard InChI is InChI=1S/C29H30N6O/c1-36-24-14-12-23(13-15-24)19-34-17-16-25-26-27(34)31-29(30-18-21-8-4-2-5-9-21)32-28(26)35(33-25)20-22-10-6-3-7-11-22/h2-15,25,33H,16-20H2,1H3,(H,30,31,32). The van der Waals surface area contributed by atoms with Crippen molar-refractivity contribution in [2.45, 2.75) is 32.1 Å². The molecular weight excluding hydrogens is 448 g/mol. The SMILES string of the molecule is COc1ccc(CN2CCC3NN(Cc4ccccc4)c4nc(NCc5ccccc5)nc2c43)cc1. The zero-order chi connectivity index (χ0) is 24.3. The van der Waals surface area contributed by atoms with E-state index < -0.39 is 0 Å². The van der Waals surface area contributed by atoms with Crippen LogP contribution in [0.3, 0.4) is 0 Å². The highest BCUT2D eigenvalue weighted by molar-refractivity contribution is 5.68. The summed E-state index contributed by atoms with van der Waals surface area (Å²) in [6.07, 6.45) is 1.00. The highest BCUT2D eigenvalue weighted by Gasteiger charge is 2.38. The average Bonchev–Trinajstić information content (AvgIpc) is 3.28. The number of ether oxygens (including phenoxy) is 1. The fourth-order valence-electron chi connectivity index (χ4n) is 4.97. The van der Waals surface area contributed by atoms with E-state index in [1.807, 2.05) is 18.2 Å². The van der Waals surface area contributed by atoms with Gasteiger partial charge in [0, 0.05) is 19.6 Å². The zero-order valence-corrected chi connectivity index (χ0v) is 20.4. The maximum atomic E-state index is 5.34. The van der Waals surface area contributed by atoms with Gasteiger partial charge in [0.15, 0.2) is 5.82 Å². The van der Waals surface area contributed by atoms with Gasteiger partial charge in [-0.1, -0.05) is 72.8 Å². The van der Waals surface area contributed by atoms with Gasteiger partial charge in [0.2, 0.25) is 5.95 Å². The first-order chi connectivity index (χ1) is 17.8. The fourth-order valence-corrected chi connectivity index (χ4v) is 4.97. The summed E-state index contributed by atoms with van der Waals surface area (Å²) >= 11 is 0. The van der Waals surface area contributed by atoms with Crippen LogP contribution in [0.1, 0.15) is 34.7 Å². The Bertz CT molecular complexity index is 1310. The van der Waals surface area contributed by atoms with Gasteiger partial charge in [-0.3, -0.25) is 5.01 Å². The second kappa shape index (κ2) is 9.87. The van der Waals surface area contributed by atoms with E-state index in [0.717, 1.165) is 43.4 Å². The van der Waals surface area contributed by atoms with Crippen LogP contribution in [0.15, 0.2) is 84.9 Å². The van der Waals surface area contributed by atoms with Crippen LogP contribution in [0.25, 0.3) is 0 Å². The van der Waals surface area contributed by atoms with E-state index in [9.17, 15) is 0 Å². The lowest BCUT2D eigenvalue weighted by molar-refractivity contribution is 0.414. The van der Waals surface area contributed by atoms with E-state index in [1.165, 1.54) is 22.3 Å². The van der Waals surface area contributed by atoms with Crippen molar-refractivity contribution in [3.63, 3.8) is 0 Å². The normalized spacial score (nSPS) is 16.1. The van der Waals surface area contributed by atoms with Crippen LogP contribution in [0.4, 0.5) is 17.6 Å². The summed E-state index contributed by atoms with van der Waals surface area (Å²) in [5.41, 5.74) is 8.56. The molecule has 0 saturated heterocycles. The third-order valence-electron chi connectivity index (χ3n) is 6.82. The lowest BCUT2D eigenvalue weighted by Crippen LogP contribution is -2.37. The van der Waals surface area contributed by atoms with Crippen LogP contribution in [0, 0.1) is 0 Å². The number of hydrogen-bond acceptors (Lipinski definition) is 7. The maximum Gasteiger partial charge on any atom is 0.226 e. The highest BCUT2D eigenvalue weighted by Crippen LogP contribution is 2.44. The van der Waals surface area contributed by atoms with Gasteiger partial charge in [-0.2, -0.15) is 9.97 Å². The number of nitrogens with one attached hydrogen (secondary N) is 2. The van der Waals surface area contributed by atoms with Crippen LogP contribution in [0.5, 0.6) is 5.75 Å². The molecule has 36 heavy (non-hydrogen) atoms. The number of aromatic nitrogens is 2. The number of benzene rings is 3. The molecule has 1 atom stereocenters. The summed E-state index contributed by atoms with van der Waals surface area (Å²) < 4.78 is 5.34. The van der Waals surface area contributed by atoms with Crippen molar-refractivity contribution >= 4 is 17.6 Å². The molecule has 6 rings (SSSR count). The monoisotopic (exact) mass is 478 g/mol. The first kappa shape index (κ1) is 22.4. The number of hydrazine groups is 1. The third-order valence-corrected chi connectivity index (χ3v) is 6.82. The van der Waals surface area contributed by atoms with E-state index >= 15 is 0 Å². The molecule has 2 aliphatic heterocycles. The predicted molar refractivity (Wildman–Crippen MR) is 143 cm³/mol. The van der Waals surface area contributed by atoms with Gasteiger partial charge >= 0.3 is 0 Å². The smallest absolute Gasteiger partial charge is 0.226 e. The Labute approximate surface area is 211 Å². The minimum Gasteiger partial charge on any atom is -0.497 e. The topological polar surface area (TPSA) is 65.6 Å². The van der Waals surface area contributed by atoms with Crippen molar-refractivity contribution in [3.8, 4) is 5.75 Å². The summed E-state index contributed by atoms with van der Waals surface area (Å²) in [5.74, 6) is 3.48. The Hall–Kier alpha value is -4.10. The van der Waals surface area contributed by atoms with Gasteiger partial charge in [0.25, 0.3) is 0 Å². The van der Waals surface area contributed by atoms with E-state index in [2.05, 4.69) is 87.4 Å². The molecule has 0 radical (unpaired) electrons. The molecule has 182 valence electrons. The average molecular weight is 479 g/mol. The minimum atomic E-state index is 0.217. The molecule has 0 saturated carbocycles. The van der Waals surface area contributed by atoms with Gasteiger partial charge in [0.1, 0.15) is 11.6 Å². The first-order valence-corrected chi connectivity index (χ1v) is 12.4. The molecule has 0 fully saturated rings. The van der Waals surface area contributed by atoms with Gasteiger partial charge in [-0.25, -0.2) is 5.43 Å². The van der Waals surface area contributed by atoms with E-state index in [1.54, 1.807) is 7.11 Å². The second-order valence-corrected chi connectivity index (χ2v) is 9.26. The Morgan fingerprint density at radius 2 is 1.50 bits per heavy atom. The third kappa shape index (κ3) is 4.57. The van der Waals surface area contributed by atoms with Gasteiger partial charge in [-0.05, 0) is 35.2 Å². The summed E-state index contributed by atoms with van der Waals surface area (Å²) in [5, 5.41) is 5.65. The van der Waals surface area contributed by atoms with Crippen molar-refractivity contribution in [3.05, 3.63) is 107 Å². The number of hydrogen-bond donors (Lipinski definition) is 2. The molecule has 4 aromatic rings. The van der Waals surface area contributed by atoms with Gasteiger partial charge < -0.3 is 15.0 Å². The summed E-state index contributed by atoms with van der Waals surface area (Å²) in [6.45, 7) is 3.13. The zero-order valence-electron chi connectivity index (χ0n) is 20.4. The van der Waals surface area contributed by atoms with Crippen molar-refractivity contribution < 1.29 is 4.74 Å². The predicted octanol–water partition coefficient (Wildman–Crippen LogP) is 5.07. The number of methoxy groups -OCH3 is 1. The molecule has 1 unspecified atom stereocenters. The Morgan fingerprint density at radius 1 is 0.833 bits per heavy atom. The number of anilines is 3. The summed E-state index contributed by atoms with van der Waals surface area (Å²) in [4.78, 5) is 12.4. The molecule has 3 heterocycles. The largest absolute Gasteiger partial charge is 0.497 e. The molecule has 2 aliphatic rings. The van der Waals surface area contributed by atoms with Crippen LogP contribution < -0.4 is 25.4 Å². The quantitative estimate of drug-likeness (QED) is 0.366. The van der Waals surface area contributed by atoms with Crippen molar-refractivity contribution in [1.29, 1.82) is 0 Å². The molecular formula is C29H30N6O. The lowest BCUT2D eigenvalue weighted by atomic mass is 10.0. The fraction of sp³-hybridized carbons (Fsp3) is 0.241. The number of rotatable bonds is 8. The lowest BCUT2D eigenvalue weighted by Gasteiger charge is -2.32. The molecule has 0 amide bonds. The van der Waals surface area contributed by atoms with E-state index in [0.29, 0.717) is 12.5 Å². The van der Waals surface area contributed by atoms with Crippen molar-refractivity contribution in [2.75, 3.05) is 28.9 Å². The molecule has 0 aliphatic carbocycles. The van der Waals surface area contributed by atoms with Crippen LogP contribution in [-0.2, 0) is 19.6 Å². The van der Waals surface area contributed by atoms with E-state index in [-0.39, 0.29) is 6.04 Å². The summed E-state index contributed by atoms with van der Waals surface area (Å²) in [6, 6.07) is 29.4. The van der Waals surface area contributed by atoms with Gasteiger partial charge in [-0.15, -0.1) is 0 Å². The molecule has 7 heteroatoms. The van der Waals surface area contributed by atoms with E-state index in [4.69, 9.17) is 14.7 Å². The van der Waals surface area contributed by atoms with Gasteiger partial charge in [0.05, 0.1) is 25.3 Å². The van der Waals surface area contributed by atoms with Crippen molar-refractivity contribution in [1.82, 2.24) is 15.4 Å². The number of nitrogens with zero attached hydrogens (tertiary/aromatic N) is 4. The molecule has 0 bridgehead atoms. The molecule has 0 spiro atoms. The molecule has 1 aromatic heterocycles. The highest BCUT2D eigenvalue weighted by atomic mass is 16.5. The van der Waals surface area contributed by atoms with Crippen LogP contribution >= 0.6 is 0 Å². The maximum absolute atomic E-state index is 5.34. The van der Waals surface area contributed by atoms with Crippen LogP contribution in [-0.4, -0.2) is 23.6 Å². The van der Waals surface area contributed by atoms with Crippen molar-refractivity contribution in [2.24, 2.45) is 0 Å². The van der Waals surface area contributed by atoms with Crippen LogP contribution in [0.2, 0.25) is 0 Å². The first-order valence-electron chi connectivity index (χ1n) is 12.4. The second-order valence-electron chi connectivity index (χ2n) is 9.26. The summed E-state index contributed by atoms with van der Waals surface area (Å²) in [7, 11) is 1.70.